The van der Waals surface area contributed by atoms with Gasteiger partial charge in [0.1, 0.15) is 40.1 Å². The molecule has 11 heteroatoms. The highest BCUT2D eigenvalue weighted by Gasteiger charge is 2.37. The molecule has 0 saturated carbocycles. The molecule has 3 atom stereocenters. The van der Waals surface area contributed by atoms with Gasteiger partial charge >= 0.3 is 0 Å². The Morgan fingerprint density at radius 1 is 1.12 bits per heavy atom. The number of hydrogen-bond donors (Lipinski definition) is 0. The number of fused-ring (bicyclic) bond motifs is 1. The normalized spacial score (nSPS) is 21.3. The van der Waals surface area contributed by atoms with E-state index in [0.717, 1.165) is 30.1 Å². The van der Waals surface area contributed by atoms with E-state index in [1.807, 2.05) is 0 Å². The smallest absolute Gasteiger partial charge is 0.268 e. The van der Waals surface area contributed by atoms with Crippen LogP contribution in [0.25, 0.3) is 0 Å². The first-order valence-corrected chi connectivity index (χ1v) is 14.9. The van der Waals surface area contributed by atoms with Crippen molar-refractivity contribution in [1.82, 2.24) is 14.9 Å². The highest BCUT2D eigenvalue weighted by molar-refractivity contribution is 7.92. The topological polar surface area (TPSA) is 94.1 Å². The number of piperidine rings is 1. The number of hydrogen-bond acceptors (Lipinski definition) is 8. The monoisotopic (exact) mass is 570 g/mol. The SMILES string of the molecule is COc1ccc(CN(c2ccncn2)S(=O)(=O)c2cc3c(cc2F)[C@@H](N2CC[C@@H](C)C[C@H]2C)CCO3)c(OC)c1. The van der Waals surface area contributed by atoms with Crippen LogP contribution in [0, 0.1) is 11.7 Å². The summed E-state index contributed by atoms with van der Waals surface area (Å²) in [5.41, 5.74) is 1.24. The first kappa shape index (κ1) is 28.1. The summed E-state index contributed by atoms with van der Waals surface area (Å²) in [4.78, 5) is 10.0. The van der Waals surface area contributed by atoms with Crippen molar-refractivity contribution < 1.29 is 27.0 Å². The van der Waals surface area contributed by atoms with Crippen LogP contribution in [0.15, 0.2) is 53.8 Å². The number of sulfonamides is 1. The summed E-state index contributed by atoms with van der Waals surface area (Å²) < 4.78 is 61.9. The van der Waals surface area contributed by atoms with Crippen molar-refractivity contribution in [2.45, 2.75) is 56.6 Å². The van der Waals surface area contributed by atoms with Crippen molar-refractivity contribution in [3.05, 3.63) is 65.9 Å². The molecule has 2 aliphatic rings. The number of aromatic nitrogens is 2. The van der Waals surface area contributed by atoms with Crippen LogP contribution in [0.1, 0.15) is 50.3 Å². The van der Waals surface area contributed by atoms with Gasteiger partial charge in [-0.2, -0.15) is 0 Å². The predicted octanol–water partition coefficient (Wildman–Crippen LogP) is 4.97. The maximum absolute atomic E-state index is 15.9. The van der Waals surface area contributed by atoms with Gasteiger partial charge in [0.2, 0.25) is 0 Å². The van der Waals surface area contributed by atoms with Crippen molar-refractivity contribution in [2.24, 2.45) is 5.92 Å². The first-order valence-electron chi connectivity index (χ1n) is 13.4. The van der Waals surface area contributed by atoms with E-state index in [4.69, 9.17) is 14.2 Å². The van der Waals surface area contributed by atoms with E-state index < -0.39 is 20.7 Å². The molecule has 0 N–H and O–H groups in total. The van der Waals surface area contributed by atoms with Crippen LogP contribution in [-0.4, -0.2) is 56.7 Å². The molecule has 0 amide bonds. The number of benzene rings is 2. The number of methoxy groups -OCH3 is 2. The van der Waals surface area contributed by atoms with Gasteiger partial charge in [-0.1, -0.05) is 6.92 Å². The van der Waals surface area contributed by atoms with E-state index in [1.165, 1.54) is 44.9 Å². The zero-order valence-electron chi connectivity index (χ0n) is 23.2. The third-order valence-corrected chi connectivity index (χ3v) is 9.63. The number of ether oxygens (including phenoxy) is 3. The molecule has 0 radical (unpaired) electrons. The molecule has 2 aromatic carbocycles. The van der Waals surface area contributed by atoms with Crippen molar-refractivity contribution in [1.29, 1.82) is 0 Å². The Hall–Kier alpha value is -3.44. The first-order chi connectivity index (χ1) is 19.2. The molecule has 40 heavy (non-hydrogen) atoms. The summed E-state index contributed by atoms with van der Waals surface area (Å²) in [7, 11) is -1.41. The Morgan fingerprint density at radius 2 is 1.95 bits per heavy atom. The molecular formula is C29H35FN4O5S. The third kappa shape index (κ3) is 5.44. The second-order valence-electron chi connectivity index (χ2n) is 10.4. The second-order valence-corrected chi connectivity index (χ2v) is 12.3. The van der Waals surface area contributed by atoms with Gasteiger partial charge < -0.3 is 14.2 Å². The van der Waals surface area contributed by atoms with Gasteiger partial charge in [0.05, 0.1) is 27.4 Å². The highest BCUT2D eigenvalue weighted by Crippen LogP contribution is 2.42. The maximum Gasteiger partial charge on any atom is 0.268 e. The van der Waals surface area contributed by atoms with Crippen LogP contribution in [0.4, 0.5) is 10.2 Å². The fourth-order valence-electron chi connectivity index (χ4n) is 5.78. The van der Waals surface area contributed by atoms with Gasteiger partial charge in [-0.05, 0) is 50.4 Å². The minimum Gasteiger partial charge on any atom is -0.497 e. The van der Waals surface area contributed by atoms with Gasteiger partial charge in [0, 0.05) is 54.0 Å². The number of halogens is 1. The van der Waals surface area contributed by atoms with Crippen LogP contribution in [0.2, 0.25) is 0 Å². The molecule has 1 aromatic heterocycles. The molecule has 9 nitrogen and oxygen atoms in total. The molecule has 0 unspecified atom stereocenters. The minimum atomic E-state index is -4.43. The summed E-state index contributed by atoms with van der Waals surface area (Å²) >= 11 is 0. The molecule has 3 aromatic rings. The molecule has 214 valence electrons. The van der Waals surface area contributed by atoms with E-state index in [9.17, 15) is 8.42 Å². The number of likely N-dealkylation sites (tertiary alicyclic amines) is 1. The van der Waals surface area contributed by atoms with Crippen molar-refractivity contribution in [3.8, 4) is 17.2 Å². The van der Waals surface area contributed by atoms with Crippen LogP contribution in [0.5, 0.6) is 17.2 Å². The Kier molecular flexibility index (Phi) is 8.14. The third-order valence-electron chi connectivity index (χ3n) is 7.86. The van der Waals surface area contributed by atoms with Crippen LogP contribution in [0.3, 0.4) is 0 Å². The Bertz CT molecular complexity index is 1460. The van der Waals surface area contributed by atoms with Crippen LogP contribution >= 0.6 is 0 Å². The summed E-state index contributed by atoms with van der Waals surface area (Å²) in [6.07, 6.45) is 5.56. The summed E-state index contributed by atoms with van der Waals surface area (Å²) in [5.74, 6) is 1.30. The second kappa shape index (κ2) is 11.6. The van der Waals surface area contributed by atoms with Gasteiger partial charge in [-0.15, -0.1) is 0 Å². The van der Waals surface area contributed by atoms with E-state index >= 15 is 4.39 Å². The van der Waals surface area contributed by atoms with Gasteiger partial charge in [0.15, 0.2) is 0 Å². The van der Waals surface area contributed by atoms with E-state index in [1.54, 1.807) is 18.2 Å². The standard InChI is InChI=1S/C29H35FN4O5S/c1-19-8-11-33(20(2)13-19)25-9-12-39-27-16-28(24(30)15-23(25)27)40(35,36)34(29-7-10-31-18-32-29)17-21-5-6-22(37-3)14-26(21)38-4/h5-7,10,14-16,18-20,25H,8-9,11-13,17H2,1-4H3/t19-,20-,25+/m1/s1. The molecule has 0 aliphatic carbocycles. The largest absolute Gasteiger partial charge is 0.497 e. The number of anilines is 1. The van der Waals surface area contributed by atoms with E-state index in [2.05, 4.69) is 28.7 Å². The van der Waals surface area contributed by atoms with E-state index in [-0.39, 0.29) is 18.4 Å². The van der Waals surface area contributed by atoms with E-state index in [0.29, 0.717) is 46.9 Å². The van der Waals surface area contributed by atoms with Crippen molar-refractivity contribution >= 4 is 15.8 Å². The molecule has 1 fully saturated rings. The highest BCUT2D eigenvalue weighted by atomic mass is 32.2. The zero-order chi connectivity index (χ0) is 28.4. The van der Waals surface area contributed by atoms with Crippen LogP contribution in [-0.2, 0) is 16.6 Å². The Labute approximate surface area is 235 Å². The fraction of sp³-hybridized carbons (Fsp3) is 0.448. The number of nitrogens with zero attached hydrogens (tertiary/aromatic N) is 4. The molecule has 3 heterocycles. The molecule has 0 bridgehead atoms. The summed E-state index contributed by atoms with van der Waals surface area (Å²) in [6, 6.07) is 9.52. The number of rotatable bonds is 8. The molecule has 2 aliphatic heterocycles. The molecule has 5 rings (SSSR count). The van der Waals surface area contributed by atoms with Gasteiger partial charge in [-0.25, -0.2) is 27.1 Å². The predicted molar refractivity (Wildman–Crippen MR) is 149 cm³/mol. The minimum absolute atomic E-state index is 0.0287. The van der Waals surface area contributed by atoms with Gasteiger partial charge in [0.25, 0.3) is 10.0 Å². The van der Waals surface area contributed by atoms with Crippen molar-refractivity contribution in [3.63, 3.8) is 0 Å². The molecule has 0 spiro atoms. The lowest BCUT2D eigenvalue weighted by atomic mass is 9.89. The summed E-state index contributed by atoms with van der Waals surface area (Å²) in [6.45, 7) is 5.65. The molecular weight excluding hydrogens is 535 g/mol. The molecule has 1 saturated heterocycles. The fourth-order valence-corrected chi connectivity index (χ4v) is 7.24. The van der Waals surface area contributed by atoms with Gasteiger partial charge in [-0.3, -0.25) is 4.90 Å². The Morgan fingerprint density at radius 3 is 2.65 bits per heavy atom. The average Bonchev–Trinajstić information content (AvgIpc) is 2.95. The average molecular weight is 571 g/mol. The van der Waals surface area contributed by atoms with Crippen LogP contribution < -0.4 is 18.5 Å². The maximum atomic E-state index is 15.9. The lowest BCUT2D eigenvalue weighted by Crippen LogP contribution is -2.44. The van der Waals surface area contributed by atoms with Crippen molar-refractivity contribution in [2.75, 3.05) is 31.7 Å². The Balaban J connectivity index is 1.54. The quantitative estimate of drug-likeness (QED) is 0.375. The summed E-state index contributed by atoms with van der Waals surface area (Å²) in [5, 5.41) is 0. The zero-order valence-corrected chi connectivity index (χ0v) is 24.0. The lowest BCUT2D eigenvalue weighted by Gasteiger charge is -2.43. The lowest BCUT2D eigenvalue weighted by molar-refractivity contribution is 0.0579.